The molecule has 5 nitrogen and oxygen atoms in total. The van der Waals surface area contributed by atoms with Gasteiger partial charge in [0.05, 0.1) is 5.41 Å². The first kappa shape index (κ1) is 13.4. The molecule has 0 unspecified atom stereocenters. The second-order valence-electron chi connectivity index (χ2n) is 3.58. The molecule has 0 aromatic heterocycles. The Morgan fingerprint density at radius 2 is 1.87 bits per heavy atom. The molecule has 0 atom stereocenters. The fourth-order valence-electron chi connectivity index (χ4n) is 0.638. The van der Waals surface area contributed by atoms with Crippen LogP contribution in [0, 0.1) is 5.41 Å². The summed E-state index contributed by atoms with van der Waals surface area (Å²) in [6, 6.07) is 0. The molecule has 0 aliphatic carbocycles. The zero-order valence-corrected chi connectivity index (χ0v) is 9.03. The zero-order chi connectivity index (χ0) is 12.1. The summed E-state index contributed by atoms with van der Waals surface area (Å²) in [5, 5.41) is 0. The minimum Gasteiger partial charge on any atom is -0.461 e. The third kappa shape index (κ3) is 4.95. The van der Waals surface area contributed by atoms with Crippen LogP contribution < -0.4 is 0 Å². The highest BCUT2D eigenvalue weighted by atomic mass is 16.6. The van der Waals surface area contributed by atoms with Gasteiger partial charge in [-0.05, 0) is 13.8 Å². The maximum Gasteiger partial charge on any atom is 0.330 e. The molecular weight excluding hydrogens is 200 g/mol. The maximum absolute atomic E-state index is 11.3. The Bertz CT molecular complexity index is 290. The molecule has 0 saturated carbocycles. The van der Waals surface area contributed by atoms with Crippen molar-refractivity contribution in [3.05, 3.63) is 12.7 Å². The molecule has 5 heteroatoms. The van der Waals surface area contributed by atoms with Gasteiger partial charge < -0.3 is 9.47 Å². The first-order valence-corrected chi connectivity index (χ1v) is 4.31. The first-order chi connectivity index (χ1) is 6.79. The number of hydrogen-bond acceptors (Lipinski definition) is 5. The summed E-state index contributed by atoms with van der Waals surface area (Å²) >= 11 is 0. The number of esters is 3. The lowest BCUT2D eigenvalue weighted by Gasteiger charge is -2.20. The standard InChI is InChI=1S/C10H14O5/c1-5-8(12)14-6-10(3,4)9(13)15-7(2)11/h5H,1,6H2,2-4H3. The minimum atomic E-state index is -1.05. The highest BCUT2D eigenvalue weighted by Crippen LogP contribution is 2.17. The van der Waals surface area contributed by atoms with Crippen LogP contribution in [0.5, 0.6) is 0 Å². The van der Waals surface area contributed by atoms with Gasteiger partial charge in [0.1, 0.15) is 6.61 Å². The summed E-state index contributed by atoms with van der Waals surface area (Å²) in [6.45, 7) is 7.19. The second-order valence-corrected chi connectivity index (χ2v) is 3.58. The Hall–Kier alpha value is -1.65. The van der Waals surface area contributed by atoms with Crippen LogP contribution in [0.4, 0.5) is 0 Å². The third-order valence-electron chi connectivity index (χ3n) is 1.53. The summed E-state index contributed by atoms with van der Waals surface area (Å²) in [5.74, 6) is -2.05. The number of rotatable bonds is 4. The molecule has 0 bridgehead atoms. The van der Waals surface area contributed by atoms with E-state index in [1.165, 1.54) is 13.8 Å². The molecule has 0 saturated heterocycles. The van der Waals surface area contributed by atoms with E-state index < -0.39 is 23.3 Å². The van der Waals surface area contributed by atoms with Crippen molar-refractivity contribution in [1.29, 1.82) is 0 Å². The van der Waals surface area contributed by atoms with Gasteiger partial charge in [-0.3, -0.25) is 9.59 Å². The largest absolute Gasteiger partial charge is 0.461 e. The van der Waals surface area contributed by atoms with Crippen molar-refractivity contribution < 1.29 is 23.9 Å². The fourth-order valence-corrected chi connectivity index (χ4v) is 0.638. The van der Waals surface area contributed by atoms with Crippen molar-refractivity contribution in [2.75, 3.05) is 6.61 Å². The Balaban J connectivity index is 4.27. The van der Waals surface area contributed by atoms with E-state index in [1.54, 1.807) is 0 Å². The summed E-state index contributed by atoms with van der Waals surface area (Å²) in [7, 11) is 0. The van der Waals surface area contributed by atoms with Gasteiger partial charge in [0, 0.05) is 13.0 Å². The van der Waals surface area contributed by atoms with E-state index in [0.717, 1.165) is 13.0 Å². The monoisotopic (exact) mass is 214 g/mol. The Morgan fingerprint density at radius 1 is 1.33 bits per heavy atom. The fraction of sp³-hybridized carbons (Fsp3) is 0.500. The van der Waals surface area contributed by atoms with Gasteiger partial charge in [-0.25, -0.2) is 4.79 Å². The Kier molecular flexibility index (Phi) is 4.70. The molecule has 0 N–H and O–H groups in total. The SMILES string of the molecule is C=CC(=O)OCC(C)(C)C(=O)OC(C)=O. The van der Waals surface area contributed by atoms with E-state index >= 15 is 0 Å². The van der Waals surface area contributed by atoms with Crippen LogP contribution in [0.3, 0.4) is 0 Å². The number of carbonyl (C=O) groups excluding carboxylic acids is 3. The van der Waals surface area contributed by atoms with Crippen LogP contribution >= 0.6 is 0 Å². The first-order valence-electron chi connectivity index (χ1n) is 4.31. The molecule has 0 heterocycles. The predicted molar refractivity (Wildman–Crippen MR) is 51.7 cm³/mol. The van der Waals surface area contributed by atoms with E-state index in [9.17, 15) is 14.4 Å². The van der Waals surface area contributed by atoms with Gasteiger partial charge in [-0.1, -0.05) is 6.58 Å². The van der Waals surface area contributed by atoms with Gasteiger partial charge in [0.25, 0.3) is 0 Å². The molecule has 0 aliphatic rings. The highest BCUT2D eigenvalue weighted by molar-refractivity contribution is 5.88. The van der Waals surface area contributed by atoms with Gasteiger partial charge >= 0.3 is 17.9 Å². The molecule has 0 aromatic carbocycles. The molecule has 0 fully saturated rings. The summed E-state index contributed by atoms with van der Waals surface area (Å²) < 4.78 is 9.08. The lowest BCUT2D eigenvalue weighted by atomic mass is 9.95. The van der Waals surface area contributed by atoms with E-state index in [4.69, 9.17) is 0 Å². The highest BCUT2D eigenvalue weighted by Gasteiger charge is 2.32. The van der Waals surface area contributed by atoms with E-state index in [-0.39, 0.29) is 6.61 Å². The molecule has 0 rings (SSSR count). The zero-order valence-electron chi connectivity index (χ0n) is 9.03. The van der Waals surface area contributed by atoms with E-state index in [0.29, 0.717) is 0 Å². The van der Waals surface area contributed by atoms with E-state index in [1.807, 2.05) is 0 Å². The van der Waals surface area contributed by atoms with Crippen LogP contribution in [0.15, 0.2) is 12.7 Å². The minimum absolute atomic E-state index is 0.163. The molecule has 0 amide bonds. The van der Waals surface area contributed by atoms with Gasteiger partial charge in [-0.2, -0.15) is 0 Å². The van der Waals surface area contributed by atoms with Crippen LogP contribution in [0.2, 0.25) is 0 Å². The average Bonchev–Trinajstić information content (AvgIpc) is 2.13. The Labute approximate surface area is 88.0 Å². The summed E-state index contributed by atoms with van der Waals surface area (Å²) in [6.07, 6.45) is 0.992. The molecular formula is C10H14O5. The molecule has 15 heavy (non-hydrogen) atoms. The second kappa shape index (κ2) is 5.29. The van der Waals surface area contributed by atoms with Crippen molar-refractivity contribution in [1.82, 2.24) is 0 Å². The summed E-state index contributed by atoms with van der Waals surface area (Å²) in [5.41, 5.74) is -1.05. The van der Waals surface area contributed by atoms with Crippen molar-refractivity contribution in [2.45, 2.75) is 20.8 Å². The third-order valence-corrected chi connectivity index (χ3v) is 1.53. The quantitative estimate of drug-likeness (QED) is 0.394. The van der Waals surface area contributed by atoms with Crippen LogP contribution in [0.1, 0.15) is 20.8 Å². The van der Waals surface area contributed by atoms with E-state index in [2.05, 4.69) is 16.1 Å². The smallest absolute Gasteiger partial charge is 0.330 e. The van der Waals surface area contributed by atoms with Crippen molar-refractivity contribution in [2.24, 2.45) is 5.41 Å². The van der Waals surface area contributed by atoms with Gasteiger partial charge in [-0.15, -0.1) is 0 Å². The molecule has 0 aliphatic heterocycles. The summed E-state index contributed by atoms with van der Waals surface area (Å²) in [4.78, 5) is 32.6. The van der Waals surface area contributed by atoms with Crippen molar-refractivity contribution in [3.8, 4) is 0 Å². The van der Waals surface area contributed by atoms with Gasteiger partial charge in [0.15, 0.2) is 0 Å². The number of carbonyl (C=O) groups is 3. The normalized spacial score (nSPS) is 10.3. The lowest BCUT2D eigenvalue weighted by Crippen LogP contribution is -2.33. The molecule has 0 radical (unpaired) electrons. The van der Waals surface area contributed by atoms with Crippen molar-refractivity contribution >= 4 is 17.9 Å². The van der Waals surface area contributed by atoms with Crippen LogP contribution in [-0.2, 0) is 23.9 Å². The van der Waals surface area contributed by atoms with Crippen LogP contribution in [0.25, 0.3) is 0 Å². The molecule has 0 aromatic rings. The Morgan fingerprint density at radius 3 is 2.27 bits per heavy atom. The average molecular weight is 214 g/mol. The number of ether oxygens (including phenoxy) is 2. The number of hydrogen-bond donors (Lipinski definition) is 0. The molecule has 84 valence electrons. The van der Waals surface area contributed by atoms with Gasteiger partial charge in [0.2, 0.25) is 0 Å². The molecule has 0 spiro atoms. The van der Waals surface area contributed by atoms with Crippen LogP contribution in [-0.4, -0.2) is 24.5 Å². The predicted octanol–water partition coefficient (Wildman–Crippen LogP) is 0.831. The lowest BCUT2D eigenvalue weighted by molar-refractivity contribution is -0.167. The van der Waals surface area contributed by atoms with Crippen molar-refractivity contribution in [3.63, 3.8) is 0 Å². The topological polar surface area (TPSA) is 69.7 Å². The maximum atomic E-state index is 11.3.